The summed E-state index contributed by atoms with van der Waals surface area (Å²) in [6, 6.07) is -0.376. The van der Waals surface area contributed by atoms with E-state index in [1.54, 1.807) is 6.92 Å². The Morgan fingerprint density at radius 3 is 2.41 bits per heavy atom. The second kappa shape index (κ2) is 7.62. The van der Waals surface area contributed by atoms with Crippen LogP contribution in [0.4, 0.5) is 0 Å². The number of esters is 1. The molecule has 0 amide bonds. The van der Waals surface area contributed by atoms with Crippen molar-refractivity contribution in [2.24, 2.45) is 5.92 Å². The van der Waals surface area contributed by atoms with Gasteiger partial charge in [-0.25, -0.2) is 13.1 Å². The van der Waals surface area contributed by atoms with Crippen molar-refractivity contribution >= 4 is 16.0 Å². The molecule has 0 spiro atoms. The highest BCUT2D eigenvalue weighted by Gasteiger charge is 2.23. The van der Waals surface area contributed by atoms with Crippen molar-refractivity contribution in [3.63, 3.8) is 0 Å². The molecule has 2 N–H and O–H groups in total. The molecule has 0 aliphatic heterocycles. The molecule has 1 unspecified atom stereocenters. The molecule has 0 aromatic carbocycles. The first-order valence-corrected chi connectivity index (χ1v) is 7.24. The third-order valence-electron chi connectivity index (χ3n) is 2.19. The Morgan fingerprint density at radius 2 is 2.00 bits per heavy atom. The van der Waals surface area contributed by atoms with Crippen molar-refractivity contribution in [3.05, 3.63) is 0 Å². The molecule has 0 radical (unpaired) electrons. The SMILES string of the molecule is CCOC(=O)CS(=O)(=O)NC(CCO)C(C)C. The van der Waals surface area contributed by atoms with Crippen LogP contribution in [-0.2, 0) is 19.6 Å². The summed E-state index contributed by atoms with van der Waals surface area (Å²) in [5.41, 5.74) is 0. The van der Waals surface area contributed by atoms with Crippen LogP contribution in [0, 0.1) is 5.92 Å². The van der Waals surface area contributed by atoms with E-state index in [4.69, 9.17) is 5.11 Å². The minimum atomic E-state index is -3.71. The number of aliphatic hydroxyl groups excluding tert-OH is 1. The third kappa shape index (κ3) is 7.30. The van der Waals surface area contributed by atoms with E-state index in [0.29, 0.717) is 6.42 Å². The lowest BCUT2D eigenvalue weighted by Crippen LogP contribution is -2.42. The molecule has 0 saturated carbocycles. The Hall–Kier alpha value is -0.660. The summed E-state index contributed by atoms with van der Waals surface area (Å²) in [5, 5.41) is 8.82. The maximum atomic E-state index is 11.6. The molecule has 0 heterocycles. The van der Waals surface area contributed by atoms with E-state index >= 15 is 0 Å². The fourth-order valence-corrected chi connectivity index (χ4v) is 2.63. The van der Waals surface area contributed by atoms with Gasteiger partial charge >= 0.3 is 5.97 Å². The number of carbonyl (C=O) groups excluding carboxylic acids is 1. The summed E-state index contributed by atoms with van der Waals surface area (Å²) >= 11 is 0. The summed E-state index contributed by atoms with van der Waals surface area (Å²) in [7, 11) is -3.71. The van der Waals surface area contributed by atoms with Gasteiger partial charge in [-0.1, -0.05) is 13.8 Å². The van der Waals surface area contributed by atoms with Gasteiger partial charge in [-0.15, -0.1) is 0 Å². The quantitative estimate of drug-likeness (QED) is 0.598. The molecular formula is C10H21NO5S. The lowest BCUT2D eigenvalue weighted by molar-refractivity contribution is -0.139. The zero-order chi connectivity index (χ0) is 13.5. The molecule has 0 saturated heterocycles. The van der Waals surface area contributed by atoms with E-state index in [9.17, 15) is 13.2 Å². The van der Waals surface area contributed by atoms with Gasteiger partial charge in [0.2, 0.25) is 10.0 Å². The zero-order valence-electron chi connectivity index (χ0n) is 10.5. The molecule has 1 atom stereocenters. The molecule has 7 heteroatoms. The van der Waals surface area contributed by atoms with Gasteiger partial charge in [-0.05, 0) is 19.3 Å². The highest BCUT2D eigenvalue weighted by molar-refractivity contribution is 7.90. The van der Waals surface area contributed by atoms with Crippen LogP contribution in [0.3, 0.4) is 0 Å². The molecular weight excluding hydrogens is 246 g/mol. The van der Waals surface area contributed by atoms with E-state index < -0.39 is 21.7 Å². The van der Waals surface area contributed by atoms with Crippen LogP contribution in [0.2, 0.25) is 0 Å². The molecule has 6 nitrogen and oxygen atoms in total. The van der Waals surface area contributed by atoms with Gasteiger partial charge in [-0.2, -0.15) is 0 Å². The van der Waals surface area contributed by atoms with Gasteiger partial charge in [0, 0.05) is 12.6 Å². The minimum absolute atomic E-state index is 0.0409. The van der Waals surface area contributed by atoms with Crippen LogP contribution in [0.5, 0.6) is 0 Å². The summed E-state index contributed by atoms with van der Waals surface area (Å²) in [6.45, 7) is 5.34. The second-order valence-corrected chi connectivity index (χ2v) is 5.80. The average molecular weight is 267 g/mol. The maximum Gasteiger partial charge on any atom is 0.322 e. The number of rotatable bonds is 8. The molecule has 0 rings (SSSR count). The van der Waals surface area contributed by atoms with Crippen molar-refractivity contribution in [2.45, 2.75) is 33.2 Å². The molecule has 17 heavy (non-hydrogen) atoms. The van der Waals surface area contributed by atoms with Gasteiger partial charge < -0.3 is 9.84 Å². The Kier molecular flexibility index (Phi) is 7.33. The van der Waals surface area contributed by atoms with Crippen molar-refractivity contribution in [3.8, 4) is 0 Å². The topological polar surface area (TPSA) is 92.7 Å². The van der Waals surface area contributed by atoms with Crippen molar-refractivity contribution in [1.82, 2.24) is 4.72 Å². The first-order valence-electron chi connectivity index (χ1n) is 5.58. The van der Waals surface area contributed by atoms with Crippen molar-refractivity contribution in [1.29, 1.82) is 0 Å². The van der Waals surface area contributed by atoms with Crippen LogP contribution in [-0.4, -0.2) is 44.5 Å². The largest absolute Gasteiger partial charge is 0.465 e. The van der Waals surface area contributed by atoms with Crippen LogP contribution >= 0.6 is 0 Å². The van der Waals surface area contributed by atoms with Crippen molar-refractivity contribution < 1.29 is 23.1 Å². The number of carbonyl (C=O) groups is 1. The maximum absolute atomic E-state index is 11.6. The predicted molar refractivity (Wildman–Crippen MR) is 63.9 cm³/mol. The standard InChI is InChI=1S/C10H21NO5S/c1-4-16-10(13)7-17(14,15)11-9(5-6-12)8(2)3/h8-9,11-12H,4-7H2,1-3H3. The lowest BCUT2D eigenvalue weighted by Gasteiger charge is -2.20. The van der Waals surface area contributed by atoms with Gasteiger partial charge in [0.05, 0.1) is 6.61 Å². The zero-order valence-corrected chi connectivity index (χ0v) is 11.3. The Bertz CT molecular complexity index is 326. The number of ether oxygens (including phenoxy) is 1. The van der Waals surface area contributed by atoms with E-state index in [-0.39, 0.29) is 25.2 Å². The van der Waals surface area contributed by atoms with Gasteiger partial charge in [-0.3, -0.25) is 4.79 Å². The summed E-state index contributed by atoms with van der Waals surface area (Å²) in [6.07, 6.45) is 0.319. The first kappa shape index (κ1) is 16.3. The molecule has 0 bridgehead atoms. The van der Waals surface area contributed by atoms with Gasteiger partial charge in [0.15, 0.2) is 5.75 Å². The van der Waals surface area contributed by atoms with E-state index in [0.717, 1.165) is 0 Å². The monoisotopic (exact) mass is 267 g/mol. The second-order valence-electron chi connectivity index (χ2n) is 4.04. The number of sulfonamides is 1. The van der Waals surface area contributed by atoms with Crippen LogP contribution in [0.25, 0.3) is 0 Å². The highest BCUT2D eigenvalue weighted by Crippen LogP contribution is 2.07. The van der Waals surface area contributed by atoms with E-state index in [1.165, 1.54) is 0 Å². The number of nitrogens with one attached hydrogen (secondary N) is 1. The van der Waals surface area contributed by atoms with E-state index in [1.807, 2.05) is 13.8 Å². The Labute approximate surface area is 102 Å². The molecule has 0 aliphatic rings. The van der Waals surface area contributed by atoms with Crippen LogP contribution < -0.4 is 4.72 Å². The molecule has 0 aromatic heterocycles. The summed E-state index contributed by atoms with van der Waals surface area (Å²) in [5.74, 6) is -1.42. The Balaban J connectivity index is 4.45. The van der Waals surface area contributed by atoms with Gasteiger partial charge in [0.25, 0.3) is 0 Å². The molecule has 0 aliphatic carbocycles. The number of hydrogen-bond donors (Lipinski definition) is 2. The average Bonchev–Trinajstić information content (AvgIpc) is 2.15. The summed E-state index contributed by atoms with van der Waals surface area (Å²) < 4.78 is 30.2. The number of aliphatic hydroxyl groups is 1. The van der Waals surface area contributed by atoms with Crippen LogP contribution in [0.1, 0.15) is 27.2 Å². The fourth-order valence-electron chi connectivity index (χ4n) is 1.30. The lowest BCUT2D eigenvalue weighted by atomic mass is 10.0. The molecule has 0 aromatic rings. The van der Waals surface area contributed by atoms with Crippen LogP contribution in [0.15, 0.2) is 0 Å². The minimum Gasteiger partial charge on any atom is -0.465 e. The molecule has 102 valence electrons. The number of hydrogen-bond acceptors (Lipinski definition) is 5. The highest BCUT2D eigenvalue weighted by atomic mass is 32.2. The normalized spacial score (nSPS) is 13.7. The fraction of sp³-hybridized carbons (Fsp3) is 0.900. The molecule has 0 fully saturated rings. The third-order valence-corrected chi connectivity index (χ3v) is 3.47. The van der Waals surface area contributed by atoms with E-state index in [2.05, 4.69) is 9.46 Å². The Morgan fingerprint density at radius 1 is 1.41 bits per heavy atom. The first-order chi connectivity index (χ1) is 7.82. The summed E-state index contributed by atoms with van der Waals surface area (Å²) in [4.78, 5) is 11.1. The predicted octanol–water partition coefficient (Wildman–Crippen LogP) is -0.124. The smallest absolute Gasteiger partial charge is 0.322 e. The van der Waals surface area contributed by atoms with Crippen molar-refractivity contribution in [2.75, 3.05) is 19.0 Å². The van der Waals surface area contributed by atoms with Gasteiger partial charge in [0.1, 0.15) is 0 Å².